The number of hydrogen-bond acceptors (Lipinski definition) is 1. The highest BCUT2D eigenvalue weighted by Crippen LogP contribution is 2.29. The zero-order valence-electron chi connectivity index (χ0n) is 6.89. The summed E-state index contributed by atoms with van der Waals surface area (Å²) in [5.41, 5.74) is -0.562. The molecule has 0 spiro atoms. The minimum Gasteiger partial charge on any atom is -0.374 e. The van der Waals surface area contributed by atoms with Gasteiger partial charge in [-0.2, -0.15) is 13.2 Å². The monoisotopic (exact) mass is 177 g/mol. The normalized spacial score (nSPS) is 24.2. The van der Waals surface area contributed by atoms with Crippen LogP contribution in [0.2, 0.25) is 0 Å². The molecule has 1 nitrogen and oxygen atoms in total. The fourth-order valence-corrected chi connectivity index (χ4v) is 0.956. The van der Waals surface area contributed by atoms with Gasteiger partial charge in [-0.3, -0.25) is 0 Å². The summed E-state index contributed by atoms with van der Waals surface area (Å²) in [6.45, 7) is 1.72. The minimum atomic E-state index is -4.22. The van der Waals surface area contributed by atoms with E-state index in [-0.39, 0.29) is 6.04 Å². The zero-order valence-corrected chi connectivity index (χ0v) is 6.89. The maximum Gasteiger partial charge on any atom is 0.416 e. The van der Waals surface area contributed by atoms with Crippen LogP contribution >= 0.6 is 0 Å². The van der Waals surface area contributed by atoms with E-state index in [1.54, 1.807) is 18.9 Å². The van der Waals surface area contributed by atoms with Crippen molar-refractivity contribution < 1.29 is 13.2 Å². The van der Waals surface area contributed by atoms with Crippen molar-refractivity contribution in [3.63, 3.8) is 0 Å². The molecular weight excluding hydrogens is 167 g/mol. The third-order valence-electron chi connectivity index (χ3n) is 1.88. The number of hydrogen-bond donors (Lipinski definition) is 0. The van der Waals surface area contributed by atoms with E-state index < -0.39 is 11.7 Å². The average Bonchev–Trinajstić information content (AvgIpc) is 1.92. The van der Waals surface area contributed by atoms with Gasteiger partial charge in [-0.15, -0.1) is 0 Å². The summed E-state index contributed by atoms with van der Waals surface area (Å²) >= 11 is 0. The van der Waals surface area contributed by atoms with Crippen molar-refractivity contribution in [3.05, 3.63) is 23.9 Å². The largest absolute Gasteiger partial charge is 0.416 e. The van der Waals surface area contributed by atoms with Gasteiger partial charge in [0.25, 0.3) is 0 Å². The summed E-state index contributed by atoms with van der Waals surface area (Å²) < 4.78 is 36.3. The van der Waals surface area contributed by atoms with Crippen molar-refractivity contribution in [2.75, 3.05) is 7.05 Å². The molecular formula is C8H10F3N. The summed E-state index contributed by atoms with van der Waals surface area (Å²) in [5.74, 6) is 0. The van der Waals surface area contributed by atoms with E-state index in [4.69, 9.17) is 0 Å². The Bertz CT molecular complexity index is 227. The SMILES string of the molecule is CC1C=C(C(F)(F)F)C=CN1C. The molecule has 4 heteroatoms. The standard InChI is InChI=1S/C8H10F3N/c1-6-5-7(8(9,10)11)3-4-12(6)2/h3-6H,1-2H3. The van der Waals surface area contributed by atoms with E-state index in [2.05, 4.69) is 0 Å². The van der Waals surface area contributed by atoms with Crippen LogP contribution in [0.1, 0.15) is 6.92 Å². The number of allylic oxidation sites excluding steroid dienone is 2. The second kappa shape index (κ2) is 2.84. The first kappa shape index (κ1) is 9.16. The maximum absolute atomic E-state index is 12.1. The van der Waals surface area contributed by atoms with Gasteiger partial charge in [-0.25, -0.2) is 0 Å². The number of halogens is 3. The molecule has 0 saturated carbocycles. The van der Waals surface area contributed by atoms with Crippen LogP contribution in [0.15, 0.2) is 23.9 Å². The highest BCUT2D eigenvalue weighted by atomic mass is 19.4. The lowest BCUT2D eigenvalue weighted by molar-refractivity contribution is -0.0891. The van der Waals surface area contributed by atoms with Crippen LogP contribution in [0, 0.1) is 0 Å². The Morgan fingerprint density at radius 1 is 1.42 bits per heavy atom. The predicted molar refractivity (Wildman–Crippen MR) is 40.5 cm³/mol. The number of nitrogens with zero attached hydrogens (tertiary/aromatic N) is 1. The summed E-state index contributed by atoms with van der Waals surface area (Å²) in [6, 6.07) is -0.188. The summed E-state index contributed by atoms with van der Waals surface area (Å²) in [5, 5.41) is 0. The Hall–Kier alpha value is -0.930. The lowest BCUT2D eigenvalue weighted by atomic mass is 10.1. The van der Waals surface area contributed by atoms with Crippen LogP contribution < -0.4 is 0 Å². The molecule has 0 bridgehead atoms. The Kier molecular flexibility index (Phi) is 2.17. The Morgan fingerprint density at radius 2 is 2.00 bits per heavy atom. The second-order valence-electron chi connectivity index (χ2n) is 2.84. The predicted octanol–water partition coefficient (Wildman–Crippen LogP) is 2.32. The molecule has 1 aliphatic rings. The van der Waals surface area contributed by atoms with Crippen molar-refractivity contribution >= 4 is 0 Å². The molecule has 0 aromatic carbocycles. The molecule has 0 aromatic rings. The molecule has 0 amide bonds. The van der Waals surface area contributed by atoms with Gasteiger partial charge in [0.2, 0.25) is 0 Å². The van der Waals surface area contributed by atoms with Gasteiger partial charge in [0, 0.05) is 13.1 Å². The van der Waals surface area contributed by atoms with E-state index in [0.717, 1.165) is 6.08 Å². The molecule has 68 valence electrons. The number of likely N-dealkylation sites (N-methyl/N-ethyl adjacent to an activating group) is 1. The number of rotatable bonds is 0. The zero-order chi connectivity index (χ0) is 9.35. The third-order valence-corrected chi connectivity index (χ3v) is 1.88. The van der Waals surface area contributed by atoms with Gasteiger partial charge in [0.15, 0.2) is 0 Å². The molecule has 0 saturated heterocycles. The fraction of sp³-hybridized carbons (Fsp3) is 0.500. The molecule has 1 rings (SSSR count). The first-order valence-corrected chi connectivity index (χ1v) is 3.60. The van der Waals surface area contributed by atoms with Crippen LogP contribution in [0.25, 0.3) is 0 Å². The average molecular weight is 177 g/mol. The van der Waals surface area contributed by atoms with Crippen molar-refractivity contribution in [3.8, 4) is 0 Å². The molecule has 0 aromatic heterocycles. The highest BCUT2D eigenvalue weighted by Gasteiger charge is 2.33. The van der Waals surface area contributed by atoms with E-state index >= 15 is 0 Å². The molecule has 0 radical (unpaired) electrons. The molecule has 12 heavy (non-hydrogen) atoms. The van der Waals surface area contributed by atoms with Crippen molar-refractivity contribution in [2.24, 2.45) is 0 Å². The molecule has 0 fully saturated rings. The molecule has 1 unspecified atom stereocenters. The van der Waals surface area contributed by atoms with Gasteiger partial charge in [-0.05, 0) is 19.2 Å². The Morgan fingerprint density at radius 3 is 2.42 bits per heavy atom. The van der Waals surface area contributed by atoms with E-state index in [9.17, 15) is 13.2 Å². The molecule has 1 heterocycles. The van der Waals surface area contributed by atoms with Crippen LogP contribution in [0.4, 0.5) is 13.2 Å². The lowest BCUT2D eigenvalue weighted by Crippen LogP contribution is -2.27. The van der Waals surface area contributed by atoms with Crippen LogP contribution in [-0.2, 0) is 0 Å². The van der Waals surface area contributed by atoms with Gasteiger partial charge >= 0.3 is 6.18 Å². The van der Waals surface area contributed by atoms with Gasteiger partial charge in [0.05, 0.1) is 5.57 Å². The smallest absolute Gasteiger partial charge is 0.374 e. The van der Waals surface area contributed by atoms with Crippen LogP contribution in [0.5, 0.6) is 0 Å². The summed E-state index contributed by atoms with van der Waals surface area (Å²) in [4.78, 5) is 1.72. The molecule has 0 aliphatic carbocycles. The highest BCUT2D eigenvalue weighted by molar-refractivity contribution is 5.28. The Balaban J connectivity index is 2.84. The maximum atomic E-state index is 12.1. The minimum absolute atomic E-state index is 0.188. The van der Waals surface area contributed by atoms with Crippen LogP contribution in [0.3, 0.4) is 0 Å². The fourth-order valence-electron chi connectivity index (χ4n) is 0.956. The van der Waals surface area contributed by atoms with Crippen LogP contribution in [-0.4, -0.2) is 24.2 Å². The van der Waals surface area contributed by atoms with E-state index in [1.165, 1.54) is 12.3 Å². The second-order valence-corrected chi connectivity index (χ2v) is 2.84. The van der Waals surface area contributed by atoms with E-state index in [1.807, 2.05) is 0 Å². The van der Waals surface area contributed by atoms with Crippen molar-refractivity contribution in [2.45, 2.75) is 19.1 Å². The van der Waals surface area contributed by atoms with Gasteiger partial charge in [-0.1, -0.05) is 6.08 Å². The first-order chi connectivity index (χ1) is 5.41. The van der Waals surface area contributed by atoms with E-state index in [0.29, 0.717) is 0 Å². The summed E-state index contributed by atoms with van der Waals surface area (Å²) in [7, 11) is 1.74. The lowest BCUT2D eigenvalue weighted by Gasteiger charge is -2.25. The first-order valence-electron chi connectivity index (χ1n) is 3.60. The summed E-state index contributed by atoms with van der Waals surface area (Å²) in [6.07, 6.45) is -0.487. The van der Waals surface area contributed by atoms with Gasteiger partial charge < -0.3 is 4.90 Å². The molecule has 1 atom stereocenters. The van der Waals surface area contributed by atoms with Gasteiger partial charge in [0.1, 0.15) is 0 Å². The number of alkyl halides is 3. The molecule has 1 aliphatic heterocycles. The van der Waals surface area contributed by atoms with Crippen molar-refractivity contribution in [1.82, 2.24) is 4.90 Å². The third kappa shape index (κ3) is 1.81. The Labute approximate surface area is 69.2 Å². The topological polar surface area (TPSA) is 3.24 Å². The molecule has 0 N–H and O–H groups in total. The quantitative estimate of drug-likeness (QED) is 0.548. The van der Waals surface area contributed by atoms with Crippen molar-refractivity contribution in [1.29, 1.82) is 0 Å².